The Balaban J connectivity index is 2.05. The van der Waals surface area contributed by atoms with Gasteiger partial charge in [0.25, 0.3) is 0 Å². The second kappa shape index (κ2) is 5.77. The Labute approximate surface area is 120 Å². The predicted molar refractivity (Wildman–Crippen MR) is 80.2 cm³/mol. The van der Waals surface area contributed by atoms with Gasteiger partial charge in [-0.15, -0.1) is 11.3 Å². The standard InChI is InChI=1S/C14H25N3OS/c1-5-14(6-2)11(7-12(14)18-4)17(3)9-10-8-16-13(15)19-10/h8,11-12H,5-7,9H2,1-4H3,(H2,15,16). The SMILES string of the molecule is CCC1(CC)C(OC)CC1N(C)Cc1cnc(N)s1. The molecule has 1 heterocycles. The maximum Gasteiger partial charge on any atom is 0.180 e. The molecule has 2 rings (SSSR count). The monoisotopic (exact) mass is 283 g/mol. The van der Waals surface area contributed by atoms with Gasteiger partial charge < -0.3 is 10.5 Å². The van der Waals surface area contributed by atoms with E-state index in [1.54, 1.807) is 11.3 Å². The van der Waals surface area contributed by atoms with E-state index in [9.17, 15) is 0 Å². The number of ether oxygens (including phenoxy) is 1. The molecule has 0 spiro atoms. The summed E-state index contributed by atoms with van der Waals surface area (Å²) in [5.41, 5.74) is 6.00. The van der Waals surface area contributed by atoms with Crippen molar-refractivity contribution in [3.63, 3.8) is 0 Å². The first kappa shape index (κ1) is 14.8. The van der Waals surface area contributed by atoms with Crippen LogP contribution in [0, 0.1) is 5.41 Å². The number of methoxy groups -OCH3 is 1. The molecule has 0 bridgehead atoms. The Hall–Kier alpha value is -0.650. The highest BCUT2D eigenvalue weighted by Gasteiger charge is 2.54. The quantitative estimate of drug-likeness (QED) is 0.872. The Morgan fingerprint density at radius 1 is 1.53 bits per heavy atom. The van der Waals surface area contributed by atoms with Gasteiger partial charge in [-0.05, 0) is 26.3 Å². The number of hydrogen-bond acceptors (Lipinski definition) is 5. The fraction of sp³-hybridized carbons (Fsp3) is 0.786. The van der Waals surface area contributed by atoms with Crippen molar-refractivity contribution < 1.29 is 4.74 Å². The summed E-state index contributed by atoms with van der Waals surface area (Å²) in [7, 11) is 4.04. The zero-order valence-corrected chi connectivity index (χ0v) is 13.2. The van der Waals surface area contributed by atoms with Gasteiger partial charge in [0.15, 0.2) is 5.13 Å². The van der Waals surface area contributed by atoms with Crippen LogP contribution >= 0.6 is 11.3 Å². The minimum absolute atomic E-state index is 0.305. The van der Waals surface area contributed by atoms with E-state index in [4.69, 9.17) is 10.5 Å². The first-order chi connectivity index (χ1) is 9.07. The highest BCUT2D eigenvalue weighted by molar-refractivity contribution is 7.15. The number of nitrogens with zero attached hydrogens (tertiary/aromatic N) is 2. The van der Waals surface area contributed by atoms with E-state index in [0.29, 0.717) is 22.7 Å². The van der Waals surface area contributed by atoms with Crippen molar-refractivity contribution >= 4 is 16.5 Å². The third-order valence-electron chi connectivity index (χ3n) is 4.85. The van der Waals surface area contributed by atoms with Crippen LogP contribution in [0.25, 0.3) is 0 Å². The summed E-state index contributed by atoms with van der Waals surface area (Å²) in [5, 5.41) is 0.657. The molecule has 1 aromatic heterocycles. The van der Waals surface area contributed by atoms with E-state index in [-0.39, 0.29) is 0 Å². The largest absolute Gasteiger partial charge is 0.381 e. The molecule has 0 aromatic carbocycles. The summed E-state index contributed by atoms with van der Waals surface area (Å²) in [5.74, 6) is 0. The normalized spacial score (nSPS) is 25.5. The average molecular weight is 283 g/mol. The Morgan fingerprint density at radius 3 is 2.68 bits per heavy atom. The van der Waals surface area contributed by atoms with Crippen LogP contribution in [0.15, 0.2) is 6.20 Å². The minimum atomic E-state index is 0.305. The van der Waals surface area contributed by atoms with Crippen LogP contribution in [0.5, 0.6) is 0 Å². The van der Waals surface area contributed by atoms with E-state index in [0.717, 1.165) is 13.0 Å². The molecule has 2 N–H and O–H groups in total. The Kier molecular flexibility index (Phi) is 4.48. The second-order valence-corrected chi connectivity index (χ2v) is 6.64. The summed E-state index contributed by atoms with van der Waals surface area (Å²) in [6.45, 7) is 5.48. The summed E-state index contributed by atoms with van der Waals surface area (Å²) >= 11 is 1.58. The molecule has 5 heteroatoms. The predicted octanol–water partition coefficient (Wildman–Crippen LogP) is 2.75. The lowest BCUT2D eigenvalue weighted by Gasteiger charge is -2.58. The van der Waals surface area contributed by atoms with Crippen LogP contribution in [0.4, 0.5) is 5.13 Å². The smallest absolute Gasteiger partial charge is 0.180 e. The lowest BCUT2D eigenvalue weighted by atomic mass is 9.58. The molecule has 2 atom stereocenters. The zero-order chi connectivity index (χ0) is 14.0. The maximum atomic E-state index is 5.70. The number of hydrogen-bond donors (Lipinski definition) is 1. The number of nitrogens with two attached hydrogens (primary N) is 1. The lowest BCUT2D eigenvalue weighted by Crippen LogP contribution is -2.63. The summed E-state index contributed by atoms with van der Waals surface area (Å²) in [4.78, 5) is 7.80. The van der Waals surface area contributed by atoms with Gasteiger partial charge in [0.1, 0.15) is 0 Å². The molecule has 0 saturated heterocycles. The van der Waals surface area contributed by atoms with E-state index in [2.05, 4.69) is 30.8 Å². The molecule has 1 aromatic rings. The minimum Gasteiger partial charge on any atom is -0.381 e. The van der Waals surface area contributed by atoms with E-state index in [1.807, 2.05) is 13.3 Å². The van der Waals surface area contributed by atoms with Crippen molar-refractivity contribution in [2.75, 3.05) is 19.9 Å². The molecule has 2 unspecified atom stereocenters. The van der Waals surface area contributed by atoms with Crippen molar-refractivity contribution in [2.24, 2.45) is 5.41 Å². The van der Waals surface area contributed by atoms with Crippen molar-refractivity contribution in [1.29, 1.82) is 0 Å². The molecule has 4 nitrogen and oxygen atoms in total. The van der Waals surface area contributed by atoms with Crippen molar-refractivity contribution in [3.8, 4) is 0 Å². The van der Waals surface area contributed by atoms with Gasteiger partial charge in [-0.3, -0.25) is 4.90 Å². The molecular weight excluding hydrogens is 258 g/mol. The molecule has 19 heavy (non-hydrogen) atoms. The maximum absolute atomic E-state index is 5.70. The van der Waals surface area contributed by atoms with Gasteiger partial charge in [0, 0.05) is 36.2 Å². The third-order valence-corrected chi connectivity index (χ3v) is 5.66. The number of thiazole rings is 1. The van der Waals surface area contributed by atoms with Crippen LogP contribution < -0.4 is 5.73 Å². The Morgan fingerprint density at radius 2 is 2.21 bits per heavy atom. The van der Waals surface area contributed by atoms with Crippen LogP contribution in [-0.4, -0.2) is 36.2 Å². The second-order valence-electron chi connectivity index (χ2n) is 5.50. The van der Waals surface area contributed by atoms with E-state index >= 15 is 0 Å². The number of rotatable bonds is 6. The number of nitrogen functional groups attached to an aromatic ring is 1. The Bertz CT molecular complexity index is 417. The lowest BCUT2D eigenvalue weighted by molar-refractivity contribution is -0.157. The van der Waals surface area contributed by atoms with Crippen molar-refractivity contribution in [1.82, 2.24) is 9.88 Å². The number of anilines is 1. The molecule has 1 aliphatic rings. The summed E-state index contributed by atoms with van der Waals surface area (Å²) in [6.07, 6.45) is 5.76. The highest BCUT2D eigenvalue weighted by atomic mass is 32.1. The van der Waals surface area contributed by atoms with E-state index in [1.165, 1.54) is 17.7 Å². The van der Waals surface area contributed by atoms with E-state index < -0.39 is 0 Å². The molecule has 0 aliphatic heterocycles. The third kappa shape index (κ3) is 2.51. The summed E-state index contributed by atoms with van der Waals surface area (Å²) in [6, 6.07) is 0.593. The van der Waals surface area contributed by atoms with Gasteiger partial charge in [0.05, 0.1) is 6.10 Å². The zero-order valence-electron chi connectivity index (χ0n) is 12.3. The van der Waals surface area contributed by atoms with Crippen LogP contribution in [0.2, 0.25) is 0 Å². The van der Waals surface area contributed by atoms with Crippen LogP contribution in [0.1, 0.15) is 38.0 Å². The van der Waals surface area contributed by atoms with Crippen molar-refractivity contribution in [3.05, 3.63) is 11.1 Å². The average Bonchev–Trinajstić information content (AvgIpc) is 2.76. The molecule has 1 fully saturated rings. The molecule has 0 amide bonds. The van der Waals surface area contributed by atoms with Crippen molar-refractivity contribution in [2.45, 2.75) is 51.8 Å². The van der Waals surface area contributed by atoms with Gasteiger partial charge in [0.2, 0.25) is 0 Å². The molecular formula is C14H25N3OS. The van der Waals surface area contributed by atoms with Crippen LogP contribution in [0.3, 0.4) is 0 Å². The van der Waals surface area contributed by atoms with Gasteiger partial charge >= 0.3 is 0 Å². The van der Waals surface area contributed by atoms with Crippen LogP contribution in [-0.2, 0) is 11.3 Å². The van der Waals surface area contributed by atoms with Gasteiger partial charge in [-0.2, -0.15) is 0 Å². The summed E-state index contributed by atoms with van der Waals surface area (Å²) < 4.78 is 5.66. The fourth-order valence-corrected chi connectivity index (χ4v) is 4.35. The highest BCUT2D eigenvalue weighted by Crippen LogP contribution is 2.51. The molecule has 0 radical (unpaired) electrons. The molecule has 1 aliphatic carbocycles. The first-order valence-corrected chi connectivity index (χ1v) is 7.82. The van der Waals surface area contributed by atoms with Gasteiger partial charge in [-0.25, -0.2) is 4.98 Å². The topological polar surface area (TPSA) is 51.4 Å². The van der Waals surface area contributed by atoms with Gasteiger partial charge in [-0.1, -0.05) is 13.8 Å². The fourth-order valence-electron chi connectivity index (χ4n) is 3.60. The molecule has 108 valence electrons. The number of aromatic nitrogens is 1. The molecule has 1 saturated carbocycles. The first-order valence-electron chi connectivity index (χ1n) is 7.00.